The lowest BCUT2D eigenvalue weighted by Gasteiger charge is -2.20. The van der Waals surface area contributed by atoms with Gasteiger partial charge in [-0.2, -0.15) is 13.2 Å². The molecule has 0 spiro atoms. The van der Waals surface area contributed by atoms with E-state index in [0.29, 0.717) is 11.7 Å². The Morgan fingerprint density at radius 2 is 2.21 bits per heavy atom. The smallest absolute Gasteiger partial charge is 0.383 e. The highest BCUT2D eigenvalue weighted by Gasteiger charge is 2.30. The van der Waals surface area contributed by atoms with Crippen molar-refractivity contribution in [1.29, 1.82) is 0 Å². The van der Waals surface area contributed by atoms with Crippen LogP contribution >= 0.6 is 0 Å². The molecular weight excluding hydrogens is 253 g/mol. The molecule has 0 amide bonds. The molecule has 1 fully saturated rings. The molecule has 1 aliphatic heterocycles. The van der Waals surface area contributed by atoms with Crippen LogP contribution in [0.4, 0.5) is 18.9 Å². The van der Waals surface area contributed by atoms with Crippen molar-refractivity contribution in [2.45, 2.75) is 44.4 Å². The molecule has 2 rings (SSSR count). The molecule has 2 unspecified atom stereocenters. The minimum Gasteiger partial charge on any atom is -0.383 e. The Hall–Kier alpha value is -1.23. The van der Waals surface area contributed by atoms with Crippen LogP contribution < -0.4 is 10.6 Å². The fourth-order valence-corrected chi connectivity index (χ4v) is 2.51. The summed E-state index contributed by atoms with van der Waals surface area (Å²) in [5.41, 5.74) is -0.0796. The molecule has 1 saturated heterocycles. The van der Waals surface area contributed by atoms with E-state index in [9.17, 15) is 13.2 Å². The molecule has 0 radical (unpaired) electrons. The van der Waals surface area contributed by atoms with E-state index in [-0.39, 0.29) is 6.04 Å². The van der Waals surface area contributed by atoms with Crippen LogP contribution in [0.15, 0.2) is 24.3 Å². The Labute approximate surface area is 111 Å². The zero-order valence-corrected chi connectivity index (χ0v) is 10.9. The average Bonchev–Trinajstić information content (AvgIpc) is 2.80. The van der Waals surface area contributed by atoms with Crippen LogP contribution in [0.1, 0.15) is 31.7 Å². The fourth-order valence-electron chi connectivity index (χ4n) is 2.51. The highest BCUT2D eigenvalue weighted by Crippen LogP contribution is 2.30. The lowest BCUT2D eigenvalue weighted by Crippen LogP contribution is -2.29. The maximum Gasteiger partial charge on any atom is 0.416 e. The van der Waals surface area contributed by atoms with Crippen LogP contribution in [-0.2, 0) is 6.18 Å². The molecule has 2 atom stereocenters. The Balaban J connectivity index is 1.94. The Kier molecular flexibility index (Phi) is 4.34. The second-order valence-electron chi connectivity index (χ2n) is 5.15. The number of hydrogen-bond acceptors (Lipinski definition) is 2. The fraction of sp³-hybridized carbons (Fsp3) is 0.571. The summed E-state index contributed by atoms with van der Waals surface area (Å²) in [6, 6.07) is 6.00. The number of rotatable bonds is 4. The lowest BCUT2D eigenvalue weighted by molar-refractivity contribution is -0.137. The third kappa shape index (κ3) is 4.13. The van der Waals surface area contributed by atoms with E-state index in [1.807, 2.05) is 6.92 Å². The van der Waals surface area contributed by atoms with Crippen molar-refractivity contribution in [3.05, 3.63) is 29.8 Å². The third-order valence-corrected chi connectivity index (χ3v) is 3.40. The van der Waals surface area contributed by atoms with Crippen molar-refractivity contribution in [3.63, 3.8) is 0 Å². The van der Waals surface area contributed by atoms with Gasteiger partial charge in [0.15, 0.2) is 0 Å². The van der Waals surface area contributed by atoms with Crippen molar-refractivity contribution in [2.24, 2.45) is 0 Å². The van der Waals surface area contributed by atoms with E-state index in [4.69, 9.17) is 0 Å². The van der Waals surface area contributed by atoms with Gasteiger partial charge < -0.3 is 10.6 Å². The second-order valence-corrected chi connectivity index (χ2v) is 5.15. The van der Waals surface area contributed by atoms with Crippen LogP contribution in [0.5, 0.6) is 0 Å². The van der Waals surface area contributed by atoms with Crippen molar-refractivity contribution < 1.29 is 13.2 Å². The van der Waals surface area contributed by atoms with Crippen LogP contribution in [0.25, 0.3) is 0 Å². The largest absolute Gasteiger partial charge is 0.416 e. The van der Waals surface area contributed by atoms with Gasteiger partial charge >= 0.3 is 6.18 Å². The summed E-state index contributed by atoms with van der Waals surface area (Å²) in [7, 11) is 0. The van der Waals surface area contributed by atoms with Gasteiger partial charge in [-0.05, 0) is 50.9 Å². The predicted molar refractivity (Wildman–Crippen MR) is 70.2 cm³/mol. The van der Waals surface area contributed by atoms with E-state index in [1.165, 1.54) is 18.6 Å². The van der Waals surface area contributed by atoms with Crippen LogP contribution in [0, 0.1) is 0 Å². The maximum atomic E-state index is 12.6. The summed E-state index contributed by atoms with van der Waals surface area (Å²) >= 11 is 0. The van der Waals surface area contributed by atoms with E-state index in [2.05, 4.69) is 10.6 Å². The van der Waals surface area contributed by atoms with Gasteiger partial charge in [-0.25, -0.2) is 0 Å². The molecular formula is C14H19F3N2. The molecule has 0 aromatic heterocycles. The topological polar surface area (TPSA) is 24.1 Å². The molecule has 106 valence electrons. The summed E-state index contributed by atoms with van der Waals surface area (Å²) in [5.74, 6) is 0. The number of nitrogens with one attached hydrogen (secondary N) is 2. The summed E-state index contributed by atoms with van der Waals surface area (Å²) in [6.07, 6.45) is -1.03. The van der Waals surface area contributed by atoms with E-state index in [1.54, 1.807) is 6.07 Å². The lowest BCUT2D eigenvalue weighted by atomic mass is 10.1. The number of benzene rings is 1. The molecule has 0 saturated carbocycles. The van der Waals surface area contributed by atoms with Gasteiger partial charge in [-0.15, -0.1) is 0 Å². The van der Waals surface area contributed by atoms with Gasteiger partial charge in [0.1, 0.15) is 0 Å². The minimum atomic E-state index is -4.28. The first kappa shape index (κ1) is 14.2. The molecule has 5 heteroatoms. The highest BCUT2D eigenvalue weighted by atomic mass is 19.4. The molecule has 2 N–H and O–H groups in total. The summed E-state index contributed by atoms with van der Waals surface area (Å²) in [5, 5.41) is 6.53. The quantitative estimate of drug-likeness (QED) is 0.874. The van der Waals surface area contributed by atoms with Gasteiger partial charge in [-0.1, -0.05) is 6.07 Å². The average molecular weight is 272 g/mol. The van der Waals surface area contributed by atoms with Crippen molar-refractivity contribution >= 4 is 5.69 Å². The first-order chi connectivity index (χ1) is 8.95. The van der Waals surface area contributed by atoms with Gasteiger partial charge in [0.05, 0.1) is 5.56 Å². The second kappa shape index (κ2) is 5.82. The monoisotopic (exact) mass is 272 g/mol. The molecule has 19 heavy (non-hydrogen) atoms. The van der Waals surface area contributed by atoms with E-state index in [0.717, 1.165) is 25.5 Å². The van der Waals surface area contributed by atoms with Crippen molar-refractivity contribution in [3.8, 4) is 0 Å². The zero-order valence-electron chi connectivity index (χ0n) is 10.9. The normalized spacial score (nSPS) is 21.4. The minimum absolute atomic E-state index is 0.152. The standard InChI is InChI=1S/C14H19F3N2/c1-10(8-12-6-3-7-18-12)19-13-5-2-4-11(9-13)14(15,16)17/h2,4-5,9-10,12,18-19H,3,6-8H2,1H3. The van der Waals surface area contributed by atoms with Crippen molar-refractivity contribution in [2.75, 3.05) is 11.9 Å². The number of halogens is 3. The van der Waals surface area contributed by atoms with Crippen LogP contribution in [0.3, 0.4) is 0 Å². The molecule has 1 aliphatic rings. The first-order valence-corrected chi connectivity index (χ1v) is 6.62. The predicted octanol–water partition coefficient (Wildman–Crippen LogP) is 3.65. The van der Waals surface area contributed by atoms with Crippen LogP contribution in [-0.4, -0.2) is 18.6 Å². The SMILES string of the molecule is CC(CC1CCCN1)Nc1cccc(C(F)(F)F)c1. The van der Waals surface area contributed by atoms with Crippen LogP contribution in [0.2, 0.25) is 0 Å². The Morgan fingerprint density at radius 3 is 2.84 bits per heavy atom. The van der Waals surface area contributed by atoms with E-state index >= 15 is 0 Å². The molecule has 1 aromatic carbocycles. The number of anilines is 1. The van der Waals surface area contributed by atoms with Gasteiger partial charge in [-0.3, -0.25) is 0 Å². The number of hydrogen-bond donors (Lipinski definition) is 2. The number of alkyl halides is 3. The Bertz CT molecular complexity index is 411. The Morgan fingerprint density at radius 1 is 1.42 bits per heavy atom. The maximum absolute atomic E-state index is 12.6. The summed E-state index contributed by atoms with van der Waals surface area (Å²) in [4.78, 5) is 0. The molecule has 2 nitrogen and oxygen atoms in total. The first-order valence-electron chi connectivity index (χ1n) is 6.62. The van der Waals surface area contributed by atoms with Gasteiger partial charge in [0.25, 0.3) is 0 Å². The van der Waals surface area contributed by atoms with Crippen molar-refractivity contribution in [1.82, 2.24) is 5.32 Å². The van der Waals surface area contributed by atoms with E-state index < -0.39 is 11.7 Å². The third-order valence-electron chi connectivity index (χ3n) is 3.40. The van der Waals surface area contributed by atoms with Gasteiger partial charge in [0.2, 0.25) is 0 Å². The summed E-state index contributed by atoms with van der Waals surface area (Å²) in [6.45, 7) is 3.04. The molecule has 0 bridgehead atoms. The molecule has 1 aromatic rings. The molecule has 0 aliphatic carbocycles. The zero-order chi connectivity index (χ0) is 13.9. The van der Waals surface area contributed by atoms with Gasteiger partial charge in [0, 0.05) is 17.8 Å². The molecule has 1 heterocycles. The highest BCUT2D eigenvalue weighted by molar-refractivity contribution is 5.47. The summed E-state index contributed by atoms with van der Waals surface area (Å²) < 4.78 is 37.8.